The van der Waals surface area contributed by atoms with E-state index in [2.05, 4.69) is 10.3 Å². The molecular formula is C15H23N3O2S. The normalized spacial score (nSPS) is 26.1. The number of thiazole rings is 1. The van der Waals surface area contributed by atoms with E-state index in [0.29, 0.717) is 19.4 Å². The number of amides is 2. The predicted octanol–water partition coefficient (Wildman–Crippen LogP) is 2.25. The molecule has 0 radical (unpaired) electrons. The summed E-state index contributed by atoms with van der Waals surface area (Å²) in [7, 11) is 0. The van der Waals surface area contributed by atoms with Crippen molar-refractivity contribution >= 4 is 23.2 Å². The summed E-state index contributed by atoms with van der Waals surface area (Å²) in [6, 6.07) is -0.385. The van der Waals surface area contributed by atoms with Gasteiger partial charge in [-0.15, -0.1) is 11.3 Å². The van der Waals surface area contributed by atoms with Gasteiger partial charge in [0, 0.05) is 5.38 Å². The third-order valence-corrected chi connectivity index (χ3v) is 4.90. The molecule has 0 aromatic carbocycles. The Kier molecular flexibility index (Phi) is 4.66. The molecule has 1 aromatic rings. The molecule has 0 spiro atoms. The summed E-state index contributed by atoms with van der Waals surface area (Å²) in [6.07, 6.45) is 2.13. The molecule has 1 aliphatic heterocycles. The van der Waals surface area contributed by atoms with Gasteiger partial charge in [0.1, 0.15) is 11.6 Å². The standard InChI is InChI=1S/C15H23N3O2S/c1-5-7-12-13(19)17-15(4,6-2)14(20)18(12)8-11-9-21-10(3)16-11/h9,12H,5-8H2,1-4H3,(H,17,19). The molecule has 6 heteroatoms. The quantitative estimate of drug-likeness (QED) is 0.907. The maximum absolute atomic E-state index is 12.8. The molecule has 5 nitrogen and oxygen atoms in total. The molecule has 1 N–H and O–H groups in total. The second-order valence-electron chi connectivity index (χ2n) is 5.77. The number of aromatic nitrogens is 1. The van der Waals surface area contributed by atoms with Crippen LogP contribution in [0.25, 0.3) is 0 Å². The Morgan fingerprint density at radius 1 is 1.43 bits per heavy atom. The van der Waals surface area contributed by atoms with Crippen LogP contribution in [0.2, 0.25) is 0 Å². The topological polar surface area (TPSA) is 62.3 Å². The number of carbonyl (C=O) groups excluding carboxylic acids is 2. The molecule has 2 amide bonds. The van der Waals surface area contributed by atoms with Crippen molar-refractivity contribution < 1.29 is 9.59 Å². The Morgan fingerprint density at radius 3 is 2.67 bits per heavy atom. The largest absolute Gasteiger partial charge is 0.340 e. The van der Waals surface area contributed by atoms with Crippen molar-refractivity contribution in [3.8, 4) is 0 Å². The third kappa shape index (κ3) is 3.10. The lowest BCUT2D eigenvalue weighted by atomic mass is 9.90. The Bertz CT molecular complexity index is 543. The van der Waals surface area contributed by atoms with Crippen LogP contribution in [0, 0.1) is 6.92 Å². The maximum Gasteiger partial charge on any atom is 0.249 e. The lowest BCUT2D eigenvalue weighted by Crippen LogP contribution is -2.68. The molecule has 21 heavy (non-hydrogen) atoms. The maximum atomic E-state index is 12.8. The number of hydrogen-bond donors (Lipinski definition) is 1. The van der Waals surface area contributed by atoms with Gasteiger partial charge >= 0.3 is 0 Å². The number of carbonyl (C=O) groups is 2. The van der Waals surface area contributed by atoms with E-state index in [0.717, 1.165) is 17.1 Å². The van der Waals surface area contributed by atoms with E-state index >= 15 is 0 Å². The van der Waals surface area contributed by atoms with E-state index in [1.165, 1.54) is 0 Å². The van der Waals surface area contributed by atoms with Gasteiger partial charge in [-0.3, -0.25) is 9.59 Å². The highest BCUT2D eigenvalue weighted by atomic mass is 32.1. The van der Waals surface area contributed by atoms with Crippen LogP contribution in [0.5, 0.6) is 0 Å². The number of piperazine rings is 1. The predicted molar refractivity (Wildman–Crippen MR) is 82.9 cm³/mol. The van der Waals surface area contributed by atoms with E-state index in [4.69, 9.17) is 0 Å². The fourth-order valence-corrected chi connectivity index (χ4v) is 3.25. The number of rotatable bonds is 5. The fraction of sp³-hybridized carbons (Fsp3) is 0.667. The van der Waals surface area contributed by atoms with Crippen LogP contribution in [0.1, 0.15) is 50.7 Å². The van der Waals surface area contributed by atoms with Crippen LogP contribution < -0.4 is 5.32 Å². The van der Waals surface area contributed by atoms with E-state index < -0.39 is 5.54 Å². The fourth-order valence-electron chi connectivity index (χ4n) is 2.65. The van der Waals surface area contributed by atoms with Gasteiger partial charge in [0.05, 0.1) is 17.2 Å². The number of hydrogen-bond acceptors (Lipinski definition) is 4. The van der Waals surface area contributed by atoms with Crippen LogP contribution in [0.3, 0.4) is 0 Å². The molecule has 0 aliphatic carbocycles. The lowest BCUT2D eigenvalue weighted by Gasteiger charge is -2.44. The van der Waals surface area contributed by atoms with Crippen molar-refractivity contribution in [2.45, 2.75) is 65.1 Å². The Labute approximate surface area is 129 Å². The molecule has 116 valence electrons. The molecule has 2 unspecified atom stereocenters. The molecule has 1 aliphatic rings. The van der Waals surface area contributed by atoms with Gasteiger partial charge in [-0.2, -0.15) is 0 Å². The monoisotopic (exact) mass is 309 g/mol. The minimum atomic E-state index is -0.799. The van der Waals surface area contributed by atoms with Gasteiger partial charge in [0.25, 0.3) is 0 Å². The summed E-state index contributed by atoms with van der Waals surface area (Å²) in [5.41, 5.74) is 0.0620. The summed E-state index contributed by atoms with van der Waals surface area (Å²) >= 11 is 1.57. The zero-order valence-electron chi connectivity index (χ0n) is 13.1. The average Bonchev–Trinajstić information content (AvgIpc) is 2.85. The first-order chi connectivity index (χ1) is 9.91. The minimum absolute atomic E-state index is 0.00583. The molecule has 0 saturated carbocycles. The second kappa shape index (κ2) is 6.13. The van der Waals surface area contributed by atoms with Gasteiger partial charge < -0.3 is 10.2 Å². The number of nitrogens with one attached hydrogen (secondary N) is 1. The molecule has 1 saturated heterocycles. The zero-order valence-corrected chi connectivity index (χ0v) is 13.9. The Balaban J connectivity index is 2.29. The molecule has 2 atom stereocenters. The van der Waals surface area contributed by atoms with Gasteiger partial charge in [0.2, 0.25) is 11.8 Å². The van der Waals surface area contributed by atoms with Gasteiger partial charge in [0.15, 0.2) is 0 Å². The van der Waals surface area contributed by atoms with Crippen molar-refractivity contribution in [3.05, 3.63) is 16.1 Å². The van der Waals surface area contributed by atoms with E-state index in [9.17, 15) is 9.59 Å². The summed E-state index contributed by atoms with van der Waals surface area (Å²) in [4.78, 5) is 31.3. The third-order valence-electron chi connectivity index (χ3n) is 4.08. The van der Waals surface area contributed by atoms with Crippen molar-refractivity contribution in [1.29, 1.82) is 0 Å². The van der Waals surface area contributed by atoms with Gasteiger partial charge in [-0.1, -0.05) is 20.3 Å². The minimum Gasteiger partial charge on any atom is -0.340 e. The molecule has 1 aromatic heterocycles. The summed E-state index contributed by atoms with van der Waals surface area (Å²) in [5, 5.41) is 5.84. The highest BCUT2D eigenvalue weighted by Crippen LogP contribution is 2.25. The van der Waals surface area contributed by atoms with Crippen LogP contribution in [0.4, 0.5) is 0 Å². The molecule has 2 rings (SSSR count). The smallest absolute Gasteiger partial charge is 0.249 e. The van der Waals surface area contributed by atoms with Crippen LogP contribution in [-0.4, -0.2) is 33.3 Å². The van der Waals surface area contributed by atoms with E-state index in [1.54, 1.807) is 23.2 Å². The average molecular weight is 309 g/mol. The first-order valence-electron chi connectivity index (χ1n) is 7.45. The highest BCUT2D eigenvalue weighted by molar-refractivity contribution is 7.09. The molecule has 2 heterocycles. The molecular weight excluding hydrogens is 286 g/mol. The second-order valence-corrected chi connectivity index (χ2v) is 6.83. The molecule has 0 bridgehead atoms. The van der Waals surface area contributed by atoms with Crippen molar-refractivity contribution in [1.82, 2.24) is 15.2 Å². The Hall–Kier alpha value is -1.43. The van der Waals surface area contributed by atoms with E-state index in [1.807, 2.05) is 26.2 Å². The Morgan fingerprint density at radius 2 is 2.14 bits per heavy atom. The summed E-state index contributed by atoms with van der Waals surface area (Å²) < 4.78 is 0. The zero-order chi connectivity index (χ0) is 15.6. The highest BCUT2D eigenvalue weighted by Gasteiger charge is 2.46. The first-order valence-corrected chi connectivity index (χ1v) is 8.33. The first kappa shape index (κ1) is 15.9. The summed E-state index contributed by atoms with van der Waals surface area (Å²) in [6.45, 7) is 8.10. The van der Waals surface area contributed by atoms with Crippen LogP contribution >= 0.6 is 11.3 Å². The summed E-state index contributed by atoms with van der Waals surface area (Å²) in [5.74, 6) is -0.0542. The van der Waals surface area contributed by atoms with Crippen molar-refractivity contribution in [2.75, 3.05) is 0 Å². The number of aryl methyl sites for hydroxylation is 1. The molecule has 1 fully saturated rings. The van der Waals surface area contributed by atoms with Gasteiger partial charge in [-0.05, 0) is 26.7 Å². The van der Waals surface area contributed by atoms with Gasteiger partial charge in [-0.25, -0.2) is 4.98 Å². The van der Waals surface area contributed by atoms with E-state index in [-0.39, 0.29) is 17.9 Å². The lowest BCUT2D eigenvalue weighted by molar-refractivity contribution is -0.155. The van der Waals surface area contributed by atoms with Crippen molar-refractivity contribution in [2.24, 2.45) is 0 Å². The van der Waals surface area contributed by atoms with Crippen LogP contribution in [0.15, 0.2) is 5.38 Å². The van der Waals surface area contributed by atoms with Crippen LogP contribution in [-0.2, 0) is 16.1 Å². The number of nitrogens with zero attached hydrogens (tertiary/aromatic N) is 2. The SMILES string of the molecule is CCCC1C(=O)NC(C)(CC)C(=O)N1Cc1csc(C)n1. The van der Waals surface area contributed by atoms with Crippen molar-refractivity contribution in [3.63, 3.8) is 0 Å².